The Bertz CT molecular complexity index is 654. The molecule has 1 atom stereocenters. The lowest BCUT2D eigenvalue weighted by molar-refractivity contribution is -0.385. The van der Waals surface area contributed by atoms with E-state index >= 15 is 0 Å². The van der Waals surface area contributed by atoms with Gasteiger partial charge in [-0.05, 0) is 18.1 Å². The molecule has 0 saturated heterocycles. The molecular weight excluding hydrogens is 302 g/mol. The van der Waals surface area contributed by atoms with E-state index in [1.165, 1.54) is 20.1 Å². The molecule has 1 aromatic rings. The molecule has 0 heterocycles. The van der Waals surface area contributed by atoms with Crippen LogP contribution in [0.25, 0.3) is 0 Å². The monoisotopic (exact) mass is 317 g/mol. The Morgan fingerprint density at radius 1 is 1.43 bits per heavy atom. The molecule has 0 radical (unpaired) electrons. The van der Waals surface area contributed by atoms with Crippen molar-refractivity contribution in [2.45, 2.75) is 24.3 Å². The Morgan fingerprint density at radius 3 is 2.48 bits per heavy atom. The van der Waals surface area contributed by atoms with Gasteiger partial charge in [-0.15, -0.1) is 0 Å². The van der Waals surface area contributed by atoms with E-state index in [0.717, 1.165) is 12.1 Å². The molecule has 0 aliphatic rings. The molecule has 0 fully saturated rings. The van der Waals surface area contributed by atoms with Crippen LogP contribution in [-0.4, -0.2) is 36.8 Å². The predicted molar refractivity (Wildman–Crippen MR) is 74.0 cm³/mol. The van der Waals surface area contributed by atoms with Crippen molar-refractivity contribution in [3.63, 3.8) is 0 Å². The van der Waals surface area contributed by atoms with Gasteiger partial charge in [0.25, 0.3) is 5.69 Å². The summed E-state index contributed by atoms with van der Waals surface area (Å²) in [6.07, 6.45) is -0.0796. The summed E-state index contributed by atoms with van der Waals surface area (Å²) in [6, 6.07) is 3.58. The van der Waals surface area contributed by atoms with Gasteiger partial charge in [-0.3, -0.25) is 14.9 Å². The zero-order valence-corrected chi connectivity index (χ0v) is 12.3. The number of hydrogen-bond donors (Lipinski definition) is 1. The van der Waals surface area contributed by atoms with Crippen molar-refractivity contribution in [2.75, 3.05) is 7.11 Å². The standard InChI is InChI=1S/C12H15NO7S/c1-3-11(12(14)15)21(18,19)7-8-4-9(13(16)17)6-10(5-8)20-2/h4-6,11H,3,7H2,1-2H3,(H,14,15). The Kier molecular flexibility index (Phi) is 5.25. The molecule has 0 amide bonds. The van der Waals surface area contributed by atoms with E-state index < -0.39 is 31.7 Å². The molecule has 0 aromatic heterocycles. The predicted octanol–water partition coefficient (Wildman–Crippen LogP) is 1.38. The first kappa shape index (κ1) is 16.9. The fourth-order valence-corrected chi connectivity index (χ4v) is 3.51. The molecule has 1 unspecified atom stereocenters. The van der Waals surface area contributed by atoms with Gasteiger partial charge in [0, 0.05) is 6.07 Å². The summed E-state index contributed by atoms with van der Waals surface area (Å²) in [5, 5.41) is 18.2. The Labute approximate surface area is 121 Å². The smallest absolute Gasteiger partial charge is 0.321 e. The van der Waals surface area contributed by atoms with Crippen LogP contribution in [0.5, 0.6) is 5.75 Å². The van der Waals surface area contributed by atoms with Crippen LogP contribution in [0.4, 0.5) is 5.69 Å². The average Bonchev–Trinajstić information content (AvgIpc) is 2.37. The second-order valence-electron chi connectivity index (χ2n) is 4.34. The number of ether oxygens (including phenoxy) is 1. The maximum Gasteiger partial charge on any atom is 0.321 e. The number of nitrogens with zero attached hydrogens (tertiary/aromatic N) is 1. The highest BCUT2D eigenvalue weighted by molar-refractivity contribution is 7.92. The van der Waals surface area contributed by atoms with Crippen LogP contribution in [0, 0.1) is 10.1 Å². The van der Waals surface area contributed by atoms with Crippen molar-refractivity contribution in [2.24, 2.45) is 0 Å². The van der Waals surface area contributed by atoms with Gasteiger partial charge >= 0.3 is 5.97 Å². The van der Waals surface area contributed by atoms with E-state index in [4.69, 9.17) is 9.84 Å². The van der Waals surface area contributed by atoms with Gasteiger partial charge in [0.05, 0.1) is 23.9 Å². The van der Waals surface area contributed by atoms with Gasteiger partial charge in [0.15, 0.2) is 15.1 Å². The summed E-state index contributed by atoms with van der Waals surface area (Å²) in [5.74, 6) is -1.90. The normalized spacial score (nSPS) is 12.7. The zero-order valence-electron chi connectivity index (χ0n) is 11.5. The number of rotatable bonds is 7. The van der Waals surface area contributed by atoms with Crippen molar-refractivity contribution < 1.29 is 28.0 Å². The molecular formula is C12H15NO7S. The molecule has 0 aliphatic heterocycles. The molecule has 1 rings (SSSR count). The maximum atomic E-state index is 12.1. The fourth-order valence-electron chi connectivity index (χ4n) is 1.87. The van der Waals surface area contributed by atoms with E-state index in [-0.39, 0.29) is 23.4 Å². The number of aliphatic carboxylic acids is 1. The van der Waals surface area contributed by atoms with Crippen LogP contribution in [-0.2, 0) is 20.4 Å². The second kappa shape index (κ2) is 6.53. The van der Waals surface area contributed by atoms with E-state index in [0.29, 0.717) is 0 Å². The highest BCUT2D eigenvalue weighted by atomic mass is 32.2. The Morgan fingerprint density at radius 2 is 2.05 bits per heavy atom. The summed E-state index contributed by atoms with van der Waals surface area (Å²) in [4.78, 5) is 21.1. The minimum Gasteiger partial charge on any atom is -0.496 e. The van der Waals surface area contributed by atoms with E-state index in [9.17, 15) is 23.3 Å². The number of non-ortho nitro benzene ring substituents is 1. The van der Waals surface area contributed by atoms with E-state index in [1.54, 1.807) is 0 Å². The fraction of sp³-hybridized carbons (Fsp3) is 0.417. The number of carboxylic acids is 1. The minimum atomic E-state index is -3.97. The van der Waals surface area contributed by atoms with Gasteiger partial charge in [-0.25, -0.2) is 8.42 Å². The van der Waals surface area contributed by atoms with Crippen molar-refractivity contribution in [3.8, 4) is 5.75 Å². The summed E-state index contributed by atoms with van der Waals surface area (Å²) in [5.41, 5.74) is -0.205. The molecule has 0 saturated carbocycles. The summed E-state index contributed by atoms with van der Waals surface area (Å²) >= 11 is 0. The van der Waals surface area contributed by atoms with E-state index in [1.807, 2.05) is 0 Å². The van der Waals surface area contributed by atoms with Gasteiger partial charge in [0.1, 0.15) is 5.75 Å². The number of nitro groups is 1. The quantitative estimate of drug-likeness (QED) is 0.595. The molecule has 1 aromatic carbocycles. The van der Waals surface area contributed by atoms with Crippen LogP contribution in [0.1, 0.15) is 18.9 Å². The molecule has 1 N–H and O–H groups in total. The van der Waals surface area contributed by atoms with E-state index in [2.05, 4.69) is 0 Å². The van der Waals surface area contributed by atoms with Crippen molar-refractivity contribution in [3.05, 3.63) is 33.9 Å². The van der Waals surface area contributed by atoms with Crippen LogP contribution in [0.3, 0.4) is 0 Å². The highest BCUT2D eigenvalue weighted by Crippen LogP contribution is 2.25. The first-order chi connectivity index (χ1) is 9.71. The summed E-state index contributed by atoms with van der Waals surface area (Å²) in [7, 11) is -2.67. The first-order valence-electron chi connectivity index (χ1n) is 5.98. The third kappa shape index (κ3) is 4.15. The lowest BCUT2D eigenvalue weighted by Gasteiger charge is -2.12. The van der Waals surface area contributed by atoms with Crippen LogP contribution >= 0.6 is 0 Å². The number of carboxylic acid groups (broad SMARTS) is 1. The largest absolute Gasteiger partial charge is 0.496 e. The van der Waals surface area contributed by atoms with Gasteiger partial charge in [0.2, 0.25) is 0 Å². The number of benzene rings is 1. The minimum absolute atomic E-state index is 0.0796. The molecule has 0 bridgehead atoms. The third-order valence-electron chi connectivity index (χ3n) is 2.85. The number of carbonyl (C=O) groups is 1. The van der Waals surface area contributed by atoms with Gasteiger partial charge in [-0.1, -0.05) is 6.92 Å². The van der Waals surface area contributed by atoms with Gasteiger partial charge < -0.3 is 9.84 Å². The van der Waals surface area contributed by atoms with Crippen LogP contribution in [0.2, 0.25) is 0 Å². The SMILES string of the molecule is CCC(C(=O)O)S(=O)(=O)Cc1cc(OC)cc([N+](=O)[O-])c1. The van der Waals surface area contributed by atoms with Crippen molar-refractivity contribution >= 4 is 21.5 Å². The molecule has 116 valence electrons. The van der Waals surface area contributed by atoms with Crippen LogP contribution in [0.15, 0.2) is 18.2 Å². The summed E-state index contributed by atoms with van der Waals surface area (Å²) < 4.78 is 29.0. The van der Waals surface area contributed by atoms with Crippen molar-refractivity contribution in [1.29, 1.82) is 0 Å². The second-order valence-corrected chi connectivity index (χ2v) is 6.52. The van der Waals surface area contributed by atoms with Crippen molar-refractivity contribution in [1.82, 2.24) is 0 Å². The van der Waals surface area contributed by atoms with Crippen LogP contribution < -0.4 is 4.74 Å². The Hall–Kier alpha value is -2.16. The molecule has 9 heteroatoms. The number of methoxy groups -OCH3 is 1. The molecule has 0 spiro atoms. The lowest BCUT2D eigenvalue weighted by Crippen LogP contribution is -2.30. The topological polar surface area (TPSA) is 124 Å². The summed E-state index contributed by atoms with van der Waals surface area (Å²) in [6.45, 7) is 1.45. The number of hydrogen-bond acceptors (Lipinski definition) is 6. The van der Waals surface area contributed by atoms with Gasteiger partial charge in [-0.2, -0.15) is 0 Å². The molecule has 0 aliphatic carbocycles. The molecule has 21 heavy (non-hydrogen) atoms. The maximum absolute atomic E-state index is 12.1. The highest BCUT2D eigenvalue weighted by Gasteiger charge is 2.31. The average molecular weight is 317 g/mol. The zero-order chi connectivity index (χ0) is 16.2. The number of sulfone groups is 1. The number of nitro benzene ring substituents is 1. The lowest BCUT2D eigenvalue weighted by atomic mass is 10.2. The third-order valence-corrected chi connectivity index (χ3v) is 4.98. The first-order valence-corrected chi connectivity index (χ1v) is 7.69. The Balaban J connectivity index is 3.20. The molecule has 8 nitrogen and oxygen atoms in total.